The maximum Gasteiger partial charge on any atom is 0.321 e. The van der Waals surface area contributed by atoms with Crippen LogP contribution in [0, 0.1) is 0 Å². The lowest BCUT2D eigenvalue weighted by Crippen LogP contribution is -2.47. The van der Waals surface area contributed by atoms with E-state index in [0.717, 1.165) is 26.1 Å². The van der Waals surface area contributed by atoms with Gasteiger partial charge in [0.15, 0.2) is 0 Å². The summed E-state index contributed by atoms with van der Waals surface area (Å²) in [7, 11) is 0. The lowest BCUT2D eigenvalue weighted by molar-refractivity contribution is -0.121. The van der Waals surface area contributed by atoms with Gasteiger partial charge in [0, 0.05) is 19.1 Å². The molecular weight excluding hydrogens is 220 g/mol. The molecule has 0 radical (unpaired) electrons. The van der Waals surface area contributed by atoms with Crippen LogP contribution in [0.1, 0.15) is 20.3 Å². The average molecular weight is 242 g/mol. The Morgan fingerprint density at radius 2 is 2.18 bits per heavy atom. The van der Waals surface area contributed by atoms with E-state index in [-0.39, 0.29) is 12.5 Å². The van der Waals surface area contributed by atoms with Gasteiger partial charge in [-0.3, -0.25) is 15.0 Å². The number of carbonyl (C=O) groups excluding carboxylic acids is 2. The summed E-state index contributed by atoms with van der Waals surface area (Å²) in [5.74, 6) is -0.246. The van der Waals surface area contributed by atoms with Gasteiger partial charge in [-0.2, -0.15) is 0 Å². The highest BCUT2D eigenvalue weighted by molar-refractivity contribution is 5.95. The molecular formula is C11H22N4O2. The van der Waals surface area contributed by atoms with E-state index < -0.39 is 6.03 Å². The Balaban J connectivity index is 2.34. The molecule has 0 aromatic carbocycles. The summed E-state index contributed by atoms with van der Waals surface area (Å²) in [5, 5.41) is 8.12. The van der Waals surface area contributed by atoms with Gasteiger partial charge in [-0.1, -0.05) is 6.92 Å². The second-order valence-electron chi connectivity index (χ2n) is 4.12. The molecule has 3 N–H and O–H groups in total. The van der Waals surface area contributed by atoms with E-state index in [4.69, 9.17) is 0 Å². The number of carbonyl (C=O) groups is 2. The number of urea groups is 1. The Morgan fingerprint density at radius 3 is 2.71 bits per heavy atom. The molecule has 6 nitrogen and oxygen atoms in total. The molecule has 0 spiro atoms. The van der Waals surface area contributed by atoms with Gasteiger partial charge in [0.25, 0.3) is 0 Å². The van der Waals surface area contributed by atoms with Crippen molar-refractivity contribution in [3.63, 3.8) is 0 Å². The van der Waals surface area contributed by atoms with Crippen LogP contribution < -0.4 is 16.0 Å². The quantitative estimate of drug-likeness (QED) is 0.608. The van der Waals surface area contributed by atoms with Crippen molar-refractivity contribution in [2.45, 2.75) is 26.3 Å². The first-order valence-electron chi connectivity index (χ1n) is 6.19. The van der Waals surface area contributed by atoms with Crippen molar-refractivity contribution in [3.8, 4) is 0 Å². The van der Waals surface area contributed by atoms with Crippen LogP contribution in [0.4, 0.5) is 4.79 Å². The highest BCUT2D eigenvalue weighted by Crippen LogP contribution is 2.07. The monoisotopic (exact) mass is 242 g/mol. The SMILES string of the molecule is CCNC(=O)NC(=O)CN(CC)C1CCNC1. The zero-order valence-corrected chi connectivity index (χ0v) is 10.6. The zero-order chi connectivity index (χ0) is 12.7. The van der Waals surface area contributed by atoms with E-state index in [1.54, 1.807) is 0 Å². The summed E-state index contributed by atoms with van der Waals surface area (Å²) in [5.41, 5.74) is 0. The van der Waals surface area contributed by atoms with Gasteiger partial charge in [0.1, 0.15) is 0 Å². The molecule has 0 bridgehead atoms. The van der Waals surface area contributed by atoms with Crippen LogP contribution in [0.2, 0.25) is 0 Å². The Hall–Kier alpha value is -1.14. The Bertz CT molecular complexity index is 264. The van der Waals surface area contributed by atoms with Gasteiger partial charge in [0.05, 0.1) is 6.54 Å². The number of imide groups is 1. The van der Waals surface area contributed by atoms with Crippen molar-refractivity contribution in [2.75, 3.05) is 32.7 Å². The number of hydrogen-bond acceptors (Lipinski definition) is 4. The lowest BCUT2D eigenvalue weighted by atomic mass is 10.2. The fourth-order valence-corrected chi connectivity index (χ4v) is 2.01. The van der Waals surface area contributed by atoms with Crippen molar-refractivity contribution >= 4 is 11.9 Å². The average Bonchev–Trinajstić information content (AvgIpc) is 2.79. The predicted octanol–water partition coefficient (Wildman–Crippen LogP) is -0.484. The third-order valence-corrected chi connectivity index (χ3v) is 2.89. The highest BCUT2D eigenvalue weighted by Gasteiger charge is 2.23. The van der Waals surface area contributed by atoms with Crippen molar-refractivity contribution in [3.05, 3.63) is 0 Å². The third kappa shape index (κ3) is 4.70. The minimum atomic E-state index is -0.418. The summed E-state index contributed by atoms with van der Waals surface area (Å²) in [6, 6.07) is -0.0157. The Morgan fingerprint density at radius 1 is 1.41 bits per heavy atom. The molecule has 1 aliphatic heterocycles. The van der Waals surface area contributed by atoms with Gasteiger partial charge >= 0.3 is 6.03 Å². The molecule has 1 heterocycles. The van der Waals surface area contributed by atoms with Crippen molar-refractivity contribution in [1.82, 2.24) is 20.9 Å². The molecule has 17 heavy (non-hydrogen) atoms. The number of rotatable bonds is 5. The maximum absolute atomic E-state index is 11.6. The molecule has 1 atom stereocenters. The molecule has 1 rings (SSSR count). The van der Waals surface area contributed by atoms with Crippen LogP contribution >= 0.6 is 0 Å². The summed E-state index contributed by atoms with van der Waals surface area (Å²) in [6.45, 7) is 7.37. The zero-order valence-electron chi connectivity index (χ0n) is 10.6. The van der Waals surface area contributed by atoms with E-state index in [9.17, 15) is 9.59 Å². The number of amides is 3. The van der Waals surface area contributed by atoms with Crippen LogP contribution in [-0.2, 0) is 4.79 Å². The van der Waals surface area contributed by atoms with Crippen molar-refractivity contribution in [1.29, 1.82) is 0 Å². The fourth-order valence-electron chi connectivity index (χ4n) is 2.01. The van der Waals surface area contributed by atoms with Gasteiger partial charge in [-0.25, -0.2) is 4.79 Å². The van der Waals surface area contributed by atoms with Crippen LogP contribution in [0.25, 0.3) is 0 Å². The van der Waals surface area contributed by atoms with Gasteiger partial charge in [-0.15, -0.1) is 0 Å². The number of likely N-dealkylation sites (N-methyl/N-ethyl adjacent to an activating group) is 1. The molecule has 0 saturated carbocycles. The van der Waals surface area contributed by atoms with Gasteiger partial charge in [-0.05, 0) is 26.4 Å². The van der Waals surface area contributed by atoms with Gasteiger partial charge < -0.3 is 10.6 Å². The first-order valence-corrected chi connectivity index (χ1v) is 6.19. The first kappa shape index (κ1) is 13.9. The minimum absolute atomic E-state index is 0.246. The standard InChI is InChI=1S/C11H22N4O2/c1-3-13-11(17)14-10(16)8-15(4-2)9-5-6-12-7-9/h9,12H,3-8H2,1-2H3,(H2,13,14,16,17). The number of hydrogen-bond donors (Lipinski definition) is 3. The normalized spacial score (nSPS) is 19.4. The van der Waals surface area contributed by atoms with E-state index in [0.29, 0.717) is 12.6 Å². The summed E-state index contributed by atoms with van der Waals surface area (Å²) >= 11 is 0. The molecule has 1 aliphatic rings. The maximum atomic E-state index is 11.6. The van der Waals surface area contributed by atoms with Crippen LogP contribution in [0.3, 0.4) is 0 Å². The van der Waals surface area contributed by atoms with Crippen LogP contribution in [0.5, 0.6) is 0 Å². The third-order valence-electron chi connectivity index (χ3n) is 2.89. The van der Waals surface area contributed by atoms with E-state index >= 15 is 0 Å². The second kappa shape index (κ2) is 7.24. The van der Waals surface area contributed by atoms with Crippen molar-refractivity contribution in [2.24, 2.45) is 0 Å². The minimum Gasteiger partial charge on any atom is -0.338 e. The molecule has 1 saturated heterocycles. The number of nitrogens with one attached hydrogen (secondary N) is 3. The van der Waals surface area contributed by atoms with E-state index in [1.807, 2.05) is 13.8 Å². The van der Waals surface area contributed by atoms with Crippen LogP contribution in [-0.4, -0.2) is 55.6 Å². The van der Waals surface area contributed by atoms with Gasteiger partial charge in [0.2, 0.25) is 5.91 Å². The molecule has 0 aliphatic carbocycles. The fraction of sp³-hybridized carbons (Fsp3) is 0.818. The Labute approximate surface area is 102 Å². The molecule has 0 aromatic heterocycles. The van der Waals surface area contributed by atoms with E-state index in [1.165, 1.54) is 0 Å². The topological polar surface area (TPSA) is 73.5 Å². The lowest BCUT2D eigenvalue weighted by Gasteiger charge is -2.25. The molecule has 1 fully saturated rings. The second-order valence-corrected chi connectivity index (χ2v) is 4.12. The van der Waals surface area contributed by atoms with E-state index in [2.05, 4.69) is 20.9 Å². The summed E-state index contributed by atoms with van der Waals surface area (Å²) < 4.78 is 0. The molecule has 3 amide bonds. The Kier molecular flexibility index (Phi) is 5.93. The molecule has 98 valence electrons. The number of nitrogens with zero attached hydrogens (tertiary/aromatic N) is 1. The van der Waals surface area contributed by atoms with Crippen LogP contribution in [0.15, 0.2) is 0 Å². The predicted molar refractivity (Wildman–Crippen MR) is 65.7 cm³/mol. The molecule has 1 unspecified atom stereocenters. The molecule has 0 aromatic rings. The summed E-state index contributed by atoms with van der Waals surface area (Å²) in [4.78, 5) is 24.9. The largest absolute Gasteiger partial charge is 0.338 e. The smallest absolute Gasteiger partial charge is 0.321 e. The highest BCUT2D eigenvalue weighted by atomic mass is 16.2. The molecule has 6 heteroatoms. The first-order chi connectivity index (χ1) is 8.17. The van der Waals surface area contributed by atoms with Crippen molar-refractivity contribution < 1.29 is 9.59 Å². The summed E-state index contributed by atoms with van der Waals surface area (Å²) in [6.07, 6.45) is 1.06.